The summed E-state index contributed by atoms with van der Waals surface area (Å²) in [6.07, 6.45) is -0.136. The fourth-order valence-electron chi connectivity index (χ4n) is 2.59. The average molecular weight is 403 g/mol. The van der Waals surface area contributed by atoms with Gasteiger partial charge in [0.25, 0.3) is 11.8 Å². The van der Waals surface area contributed by atoms with E-state index < -0.39 is 11.9 Å². The fourth-order valence-corrected chi connectivity index (χ4v) is 3.08. The molecule has 1 fully saturated rings. The molecule has 1 aliphatic rings. The first-order valence-electron chi connectivity index (χ1n) is 8.08. The number of carbonyl (C=O) groups is 3. The fraction of sp³-hybridized carbons (Fsp3) is 0.471. The van der Waals surface area contributed by atoms with Crippen molar-refractivity contribution in [3.05, 3.63) is 33.8 Å². The summed E-state index contributed by atoms with van der Waals surface area (Å²) in [5, 5.41) is 2.96. The molecule has 0 radical (unpaired) electrons. The Hall–Kier alpha value is -1.83. The minimum absolute atomic E-state index is 0.0678. The van der Waals surface area contributed by atoms with Crippen LogP contribution in [-0.2, 0) is 19.1 Å². The lowest BCUT2D eigenvalue weighted by atomic mass is 10.2. The van der Waals surface area contributed by atoms with Gasteiger partial charge in [-0.15, -0.1) is 0 Å². The van der Waals surface area contributed by atoms with E-state index in [-0.39, 0.29) is 41.9 Å². The van der Waals surface area contributed by atoms with Gasteiger partial charge in [0, 0.05) is 18.1 Å². The van der Waals surface area contributed by atoms with Gasteiger partial charge in [0.2, 0.25) is 0 Å². The Balaban J connectivity index is 1.76. The third-order valence-electron chi connectivity index (χ3n) is 3.70. The van der Waals surface area contributed by atoms with Crippen LogP contribution in [-0.4, -0.2) is 61.1 Å². The number of carbonyl (C=O) groups excluding carboxylic acids is 3. The minimum atomic E-state index is -0.717. The summed E-state index contributed by atoms with van der Waals surface area (Å²) in [5.74, 6) is -1.55. The molecule has 2 rings (SSSR count). The minimum Gasteiger partial charge on any atom is -0.454 e. The highest BCUT2D eigenvalue weighted by Gasteiger charge is 2.26. The maximum atomic E-state index is 12.1. The number of rotatable bonds is 5. The predicted molar refractivity (Wildman–Crippen MR) is 96.3 cm³/mol. The second-order valence-corrected chi connectivity index (χ2v) is 6.87. The van der Waals surface area contributed by atoms with E-state index in [2.05, 4.69) is 5.32 Å². The van der Waals surface area contributed by atoms with Gasteiger partial charge in [-0.25, -0.2) is 0 Å². The van der Waals surface area contributed by atoms with Crippen LogP contribution in [0.25, 0.3) is 0 Å². The van der Waals surface area contributed by atoms with Gasteiger partial charge in [-0.2, -0.15) is 0 Å². The maximum absolute atomic E-state index is 12.1. The molecule has 9 heteroatoms. The summed E-state index contributed by atoms with van der Waals surface area (Å²) in [5.41, 5.74) is 0.191. The molecule has 7 nitrogen and oxygen atoms in total. The number of ether oxygens (including phenoxy) is 2. The van der Waals surface area contributed by atoms with Crippen LogP contribution in [0.3, 0.4) is 0 Å². The van der Waals surface area contributed by atoms with E-state index in [9.17, 15) is 14.4 Å². The molecule has 0 unspecified atom stereocenters. The molecule has 0 bridgehead atoms. The van der Waals surface area contributed by atoms with E-state index in [4.69, 9.17) is 32.7 Å². The van der Waals surface area contributed by atoms with Crippen LogP contribution >= 0.6 is 23.2 Å². The van der Waals surface area contributed by atoms with Crippen LogP contribution in [0.4, 0.5) is 0 Å². The summed E-state index contributed by atoms with van der Waals surface area (Å²) < 4.78 is 10.5. The van der Waals surface area contributed by atoms with Crippen LogP contribution in [0.5, 0.6) is 0 Å². The third kappa shape index (κ3) is 5.86. The molecular weight excluding hydrogens is 383 g/mol. The second kappa shape index (κ2) is 9.21. The number of esters is 1. The molecule has 1 aromatic rings. The first-order valence-corrected chi connectivity index (χ1v) is 8.84. The van der Waals surface area contributed by atoms with Gasteiger partial charge in [-0.1, -0.05) is 23.2 Å². The number of halogens is 2. The zero-order valence-corrected chi connectivity index (χ0v) is 16.0. The zero-order valence-electron chi connectivity index (χ0n) is 14.5. The average Bonchev–Trinajstić information content (AvgIpc) is 2.56. The summed E-state index contributed by atoms with van der Waals surface area (Å²) >= 11 is 11.7. The molecule has 0 spiro atoms. The summed E-state index contributed by atoms with van der Waals surface area (Å²) in [6, 6.07) is 4.40. The molecule has 2 amide bonds. The first-order chi connectivity index (χ1) is 12.3. The largest absolute Gasteiger partial charge is 0.454 e. The van der Waals surface area contributed by atoms with Crippen molar-refractivity contribution >= 4 is 41.0 Å². The van der Waals surface area contributed by atoms with Gasteiger partial charge in [-0.05, 0) is 32.0 Å². The second-order valence-electron chi connectivity index (χ2n) is 6.02. The molecule has 0 aromatic heterocycles. The third-order valence-corrected chi connectivity index (χ3v) is 4.25. The first kappa shape index (κ1) is 20.5. The van der Waals surface area contributed by atoms with E-state index in [1.165, 1.54) is 18.2 Å². The van der Waals surface area contributed by atoms with Crippen LogP contribution in [0.1, 0.15) is 24.2 Å². The van der Waals surface area contributed by atoms with Gasteiger partial charge < -0.3 is 19.7 Å². The monoisotopic (exact) mass is 402 g/mol. The molecule has 1 aliphatic heterocycles. The highest BCUT2D eigenvalue weighted by atomic mass is 35.5. The molecule has 1 heterocycles. The van der Waals surface area contributed by atoms with Gasteiger partial charge >= 0.3 is 5.97 Å². The SMILES string of the molecule is C[C@@H]1CN(C(=O)COC(=O)CNC(=O)c2ccc(Cl)cc2Cl)C[C@@H](C)O1. The van der Waals surface area contributed by atoms with Gasteiger partial charge in [-0.3, -0.25) is 14.4 Å². The Kier molecular flexibility index (Phi) is 7.25. The van der Waals surface area contributed by atoms with Crippen LogP contribution < -0.4 is 5.32 Å². The molecule has 2 atom stereocenters. The highest BCUT2D eigenvalue weighted by Crippen LogP contribution is 2.20. The van der Waals surface area contributed by atoms with Crippen LogP contribution in [0, 0.1) is 0 Å². The molecule has 1 saturated heterocycles. The van der Waals surface area contributed by atoms with Crippen molar-refractivity contribution in [3.8, 4) is 0 Å². The molecule has 26 heavy (non-hydrogen) atoms. The number of nitrogens with one attached hydrogen (secondary N) is 1. The molecule has 1 N–H and O–H groups in total. The molecule has 0 aliphatic carbocycles. The normalized spacial score (nSPS) is 19.8. The molecule has 142 valence electrons. The smallest absolute Gasteiger partial charge is 0.325 e. The number of morpholine rings is 1. The lowest BCUT2D eigenvalue weighted by molar-refractivity contribution is -0.156. The number of hydrogen-bond donors (Lipinski definition) is 1. The van der Waals surface area contributed by atoms with Gasteiger partial charge in [0.1, 0.15) is 6.54 Å². The lowest BCUT2D eigenvalue weighted by Gasteiger charge is -2.35. The lowest BCUT2D eigenvalue weighted by Crippen LogP contribution is -2.49. The Morgan fingerprint density at radius 1 is 1.23 bits per heavy atom. The zero-order chi connectivity index (χ0) is 19.3. The number of benzene rings is 1. The quantitative estimate of drug-likeness (QED) is 0.760. The number of amides is 2. The van der Waals surface area contributed by atoms with E-state index in [1.807, 2.05) is 13.8 Å². The number of nitrogens with zero attached hydrogens (tertiary/aromatic N) is 1. The standard InChI is InChI=1S/C17H20Cl2N2O5/c1-10-7-21(8-11(2)26-10)15(22)9-25-16(23)6-20-17(24)13-4-3-12(18)5-14(13)19/h3-5,10-11H,6-9H2,1-2H3,(H,20,24)/t10-,11-/m1/s1. The van der Waals surface area contributed by atoms with Crippen molar-refractivity contribution in [2.24, 2.45) is 0 Å². The van der Waals surface area contributed by atoms with Crippen molar-refractivity contribution in [2.45, 2.75) is 26.1 Å². The molecular formula is C17H20Cl2N2O5. The van der Waals surface area contributed by atoms with Crippen LogP contribution in [0.15, 0.2) is 18.2 Å². The Bertz CT molecular complexity index is 688. The Morgan fingerprint density at radius 3 is 2.50 bits per heavy atom. The summed E-state index contributed by atoms with van der Waals surface area (Å²) in [7, 11) is 0. The number of hydrogen-bond acceptors (Lipinski definition) is 5. The van der Waals surface area contributed by atoms with Crippen molar-refractivity contribution in [1.29, 1.82) is 0 Å². The topological polar surface area (TPSA) is 84.9 Å². The van der Waals surface area contributed by atoms with E-state index in [0.29, 0.717) is 18.1 Å². The van der Waals surface area contributed by atoms with Crippen molar-refractivity contribution in [2.75, 3.05) is 26.2 Å². The highest BCUT2D eigenvalue weighted by molar-refractivity contribution is 6.36. The van der Waals surface area contributed by atoms with Gasteiger partial charge in [0.05, 0.1) is 22.8 Å². The Morgan fingerprint density at radius 2 is 1.88 bits per heavy atom. The Labute approximate surface area is 161 Å². The van der Waals surface area contributed by atoms with E-state index in [0.717, 1.165) is 0 Å². The summed E-state index contributed by atoms with van der Waals surface area (Å²) in [4.78, 5) is 37.5. The van der Waals surface area contributed by atoms with Crippen molar-refractivity contribution in [1.82, 2.24) is 10.2 Å². The maximum Gasteiger partial charge on any atom is 0.325 e. The molecule has 1 aromatic carbocycles. The van der Waals surface area contributed by atoms with Crippen molar-refractivity contribution in [3.63, 3.8) is 0 Å². The summed E-state index contributed by atoms with van der Waals surface area (Å²) in [6.45, 7) is 3.90. The molecule has 0 saturated carbocycles. The van der Waals surface area contributed by atoms with E-state index >= 15 is 0 Å². The van der Waals surface area contributed by atoms with Crippen molar-refractivity contribution < 1.29 is 23.9 Å². The van der Waals surface area contributed by atoms with Gasteiger partial charge in [0.15, 0.2) is 6.61 Å². The van der Waals surface area contributed by atoms with Crippen LogP contribution in [0.2, 0.25) is 10.0 Å². The van der Waals surface area contributed by atoms with E-state index in [1.54, 1.807) is 4.90 Å². The predicted octanol–water partition coefficient (Wildman–Crippen LogP) is 1.90.